The number of esters is 1. The first-order valence-electron chi connectivity index (χ1n) is 7.01. The Bertz CT molecular complexity index is 506. The molecule has 5 nitrogen and oxygen atoms in total. The third kappa shape index (κ3) is 5.36. The van der Waals surface area contributed by atoms with Crippen molar-refractivity contribution in [3.63, 3.8) is 0 Å². The zero-order valence-corrected chi connectivity index (χ0v) is 12.7. The van der Waals surface area contributed by atoms with E-state index in [1.54, 1.807) is 6.92 Å². The van der Waals surface area contributed by atoms with Gasteiger partial charge in [-0.3, -0.25) is 9.79 Å². The lowest BCUT2D eigenvalue weighted by Crippen LogP contribution is -3.06. The molecule has 0 aliphatic carbocycles. The summed E-state index contributed by atoms with van der Waals surface area (Å²) in [7, 11) is 4.11. The number of hydrogen-bond acceptors (Lipinski definition) is 4. The third-order valence-electron chi connectivity index (χ3n) is 3.12. The molecule has 1 N–H and O–H groups in total. The van der Waals surface area contributed by atoms with E-state index in [0.29, 0.717) is 6.54 Å². The van der Waals surface area contributed by atoms with Gasteiger partial charge in [0.2, 0.25) is 0 Å². The average Bonchev–Trinajstić information content (AvgIpc) is 2.48. The predicted molar refractivity (Wildman–Crippen MR) is 81.1 cm³/mol. The number of nitrogens with one attached hydrogen (secondary N) is 1. The summed E-state index contributed by atoms with van der Waals surface area (Å²) in [5.41, 5.74) is 1.18. The van der Waals surface area contributed by atoms with Crippen LogP contribution in [0.1, 0.15) is 18.5 Å². The van der Waals surface area contributed by atoms with Gasteiger partial charge in [0.25, 0.3) is 0 Å². The molecule has 21 heavy (non-hydrogen) atoms. The van der Waals surface area contributed by atoms with Crippen LogP contribution in [0.15, 0.2) is 35.3 Å². The summed E-state index contributed by atoms with van der Waals surface area (Å²) in [4.78, 5) is 17.0. The van der Waals surface area contributed by atoms with E-state index >= 15 is 0 Å². The summed E-state index contributed by atoms with van der Waals surface area (Å²) in [5.74, 6) is -1.48. The number of nitriles is 1. The molecule has 0 aliphatic rings. The van der Waals surface area contributed by atoms with E-state index in [1.165, 1.54) is 16.7 Å². The van der Waals surface area contributed by atoms with Crippen molar-refractivity contribution in [1.29, 1.82) is 5.26 Å². The van der Waals surface area contributed by atoms with Gasteiger partial charge in [0, 0.05) is 11.8 Å². The van der Waals surface area contributed by atoms with Crippen molar-refractivity contribution in [1.82, 2.24) is 0 Å². The second-order valence-electron chi connectivity index (χ2n) is 4.91. The Kier molecular flexibility index (Phi) is 7.13. The summed E-state index contributed by atoms with van der Waals surface area (Å²) < 4.78 is 4.83. The number of carbonyl (C=O) groups is 1. The number of hydrogen-bond donors (Lipinski definition) is 1. The predicted octanol–water partition coefficient (Wildman–Crippen LogP) is 0.646. The number of rotatable bonds is 7. The fourth-order valence-corrected chi connectivity index (χ4v) is 1.96. The minimum Gasteiger partial charge on any atom is -0.465 e. The molecule has 5 heteroatoms. The number of benzene rings is 1. The minimum atomic E-state index is -0.932. The Labute approximate surface area is 125 Å². The van der Waals surface area contributed by atoms with Gasteiger partial charge in [0.15, 0.2) is 5.92 Å². The molecule has 0 saturated carbocycles. The van der Waals surface area contributed by atoms with Crippen LogP contribution in [0, 0.1) is 17.2 Å². The van der Waals surface area contributed by atoms with Crippen LogP contribution in [-0.2, 0) is 9.53 Å². The van der Waals surface area contributed by atoms with E-state index in [1.807, 2.05) is 24.3 Å². The van der Waals surface area contributed by atoms with E-state index in [4.69, 9.17) is 10.00 Å². The highest BCUT2D eigenvalue weighted by Crippen LogP contribution is 2.09. The van der Waals surface area contributed by atoms with E-state index in [0.717, 1.165) is 0 Å². The maximum atomic E-state index is 11.5. The van der Waals surface area contributed by atoms with Crippen molar-refractivity contribution >= 4 is 12.2 Å². The maximum absolute atomic E-state index is 11.5. The molecule has 0 heterocycles. The molecule has 0 aliphatic heterocycles. The highest BCUT2D eigenvalue weighted by atomic mass is 16.5. The molecule has 0 unspecified atom stereocenters. The summed E-state index contributed by atoms with van der Waals surface area (Å²) in [6.45, 7) is 2.49. The molecule has 112 valence electrons. The SMILES string of the molecule is CCOC(=O)[C@H](C#N)C=NC[C@H](c1ccccc1)[NH+](C)C. The molecule has 1 rings (SSSR count). The molecular formula is C16H22N3O2+. The molecule has 0 fully saturated rings. The normalized spacial score (nSPS) is 13.9. The zero-order chi connectivity index (χ0) is 15.7. The van der Waals surface area contributed by atoms with Gasteiger partial charge in [-0.05, 0) is 6.92 Å². The molecule has 0 saturated heterocycles. The fourth-order valence-electron chi connectivity index (χ4n) is 1.96. The first-order valence-corrected chi connectivity index (χ1v) is 7.01. The van der Waals surface area contributed by atoms with Crippen LogP contribution in [-0.4, -0.2) is 39.4 Å². The quantitative estimate of drug-likeness (QED) is 0.591. The Morgan fingerprint density at radius 1 is 1.43 bits per heavy atom. The molecule has 0 amide bonds. The van der Waals surface area contributed by atoms with E-state index < -0.39 is 11.9 Å². The van der Waals surface area contributed by atoms with Crippen LogP contribution in [0.3, 0.4) is 0 Å². The van der Waals surface area contributed by atoms with Gasteiger partial charge in [-0.2, -0.15) is 5.26 Å². The van der Waals surface area contributed by atoms with Crippen LogP contribution < -0.4 is 4.90 Å². The Hall–Kier alpha value is -2.19. The number of likely N-dealkylation sites (N-methyl/N-ethyl adjacent to an activating group) is 1. The fraction of sp³-hybridized carbons (Fsp3) is 0.438. The number of quaternary nitrogens is 1. The van der Waals surface area contributed by atoms with Gasteiger partial charge in [-0.15, -0.1) is 0 Å². The van der Waals surface area contributed by atoms with Crippen LogP contribution in [0.2, 0.25) is 0 Å². The monoisotopic (exact) mass is 288 g/mol. The lowest BCUT2D eigenvalue weighted by Gasteiger charge is -2.20. The number of nitrogens with zero attached hydrogens (tertiary/aromatic N) is 2. The van der Waals surface area contributed by atoms with E-state index in [2.05, 4.69) is 31.2 Å². The zero-order valence-electron chi connectivity index (χ0n) is 12.7. The summed E-state index contributed by atoms with van der Waals surface area (Å²) >= 11 is 0. The van der Waals surface area contributed by atoms with E-state index in [9.17, 15) is 4.79 Å². The lowest BCUT2D eigenvalue weighted by atomic mass is 10.1. The van der Waals surface area contributed by atoms with Crippen molar-refractivity contribution < 1.29 is 14.4 Å². The number of carbonyl (C=O) groups excluding carboxylic acids is 1. The Morgan fingerprint density at radius 3 is 2.62 bits per heavy atom. The molecular weight excluding hydrogens is 266 g/mol. The molecule has 0 spiro atoms. The van der Waals surface area contributed by atoms with Gasteiger partial charge >= 0.3 is 5.97 Å². The molecule has 1 aromatic carbocycles. The molecule has 1 aromatic rings. The second kappa shape index (κ2) is 8.88. The second-order valence-corrected chi connectivity index (χ2v) is 4.91. The summed E-state index contributed by atoms with van der Waals surface area (Å²) in [6.07, 6.45) is 1.39. The van der Waals surface area contributed by atoms with Crippen LogP contribution in [0.5, 0.6) is 0 Å². The minimum absolute atomic E-state index is 0.184. The van der Waals surface area contributed by atoms with Crippen molar-refractivity contribution in [2.75, 3.05) is 27.2 Å². The molecule has 2 atom stereocenters. The largest absolute Gasteiger partial charge is 0.465 e. The molecule has 0 aromatic heterocycles. The van der Waals surface area contributed by atoms with Crippen LogP contribution >= 0.6 is 0 Å². The van der Waals surface area contributed by atoms with Gasteiger partial charge in [0.05, 0.1) is 33.3 Å². The van der Waals surface area contributed by atoms with Gasteiger partial charge < -0.3 is 9.64 Å². The number of aliphatic imine (C=N–C) groups is 1. The standard InChI is InChI=1S/C16H21N3O2/c1-4-21-16(20)14(10-17)11-18-12-15(19(2)3)13-8-6-5-7-9-13/h5-9,11,14-15H,4,12H2,1-3H3/p+1/t14-,15-/m1/s1. The van der Waals surface area contributed by atoms with Crippen molar-refractivity contribution in [2.45, 2.75) is 13.0 Å². The van der Waals surface area contributed by atoms with Crippen molar-refractivity contribution in [3.05, 3.63) is 35.9 Å². The Balaban J connectivity index is 2.71. The lowest BCUT2D eigenvalue weighted by molar-refractivity contribution is -0.890. The third-order valence-corrected chi connectivity index (χ3v) is 3.12. The maximum Gasteiger partial charge on any atom is 0.328 e. The number of ether oxygens (including phenoxy) is 1. The smallest absolute Gasteiger partial charge is 0.328 e. The van der Waals surface area contributed by atoms with E-state index in [-0.39, 0.29) is 12.6 Å². The van der Waals surface area contributed by atoms with Gasteiger partial charge in [-0.25, -0.2) is 0 Å². The summed E-state index contributed by atoms with van der Waals surface area (Å²) in [6, 6.07) is 12.2. The average molecular weight is 288 g/mol. The van der Waals surface area contributed by atoms with Crippen LogP contribution in [0.25, 0.3) is 0 Å². The van der Waals surface area contributed by atoms with Gasteiger partial charge in [0.1, 0.15) is 6.04 Å². The first kappa shape index (κ1) is 16.9. The topological polar surface area (TPSA) is 66.9 Å². The van der Waals surface area contributed by atoms with Crippen LogP contribution in [0.4, 0.5) is 0 Å². The molecule has 0 radical (unpaired) electrons. The van der Waals surface area contributed by atoms with Crippen molar-refractivity contribution in [3.8, 4) is 6.07 Å². The van der Waals surface area contributed by atoms with Gasteiger partial charge in [-0.1, -0.05) is 30.3 Å². The summed E-state index contributed by atoms with van der Waals surface area (Å²) in [5, 5.41) is 8.97. The highest BCUT2D eigenvalue weighted by molar-refractivity contribution is 5.92. The first-order chi connectivity index (χ1) is 10.1. The highest BCUT2D eigenvalue weighted by Gasteiger charge is 2.19. The van der Waals surface area contributed by atoms with Crippen molar-refractivity contribution in [2.24, 2.45) is 10.9 Å². The Morgan fingerprint density at radius 2 is 2.10 bits per heavy atom. The molecule has 0 bridgehead atoms.